The minimum atomic E-state index is -3.68. The van der Waals surface area contributed by atoms with Crippen LogP contribution in [0.4, 0.5) is 0 Å². The summed E-state index contributed by atoms with van der Waals surface area (Å²) in [6, 6.07) is 16.1. The van der Waals surface area contributed by atoms with Crippen LogP contribution in [-0.2, 0) is 33.0 Å². The van der Waals surface area contributed by atoms with Crippen molar-refractivity contribution in [1.29, 1.82) is 0 Å². The molecule has 1 amide bonds. The van der Waals surface area contributed by atoms with Crippen molar-refractivity contribution in [3.8, 4) is 11.3 Å². The van der Waals surface area contributed by atoms with Gasteiger partial charge < -0.3 is 14.2 Å². The van der Waals surface area contributed by atoms with Crippen LogP contribution in [-0.4, -0.2) is 55.6 Å². The largest absolute Gasteiger partial charge is 0.377 e. The molecule has 208 valence electrons. The third-order valence-electron chi connectivity index (χ3n) is 9.00. The van der Waals surface area contributed by atoms with Crippen LogP contribution in [0, 0.1) is 11.8 Å². The Labute approximate surface area is 231 Å². The van der Waals surface area contributed by atoms with Crippen molar-refractivity contribution in [2.24, 2.45) is 18.9 Å². The Kier molecular flexibility index (Phi) is 7.29. The highest BCUT2D eigenvalue weighted by Gasteiger charge is 2.41. The van der Waals surface area contributed by atoms with E-state index in [9.17, 15) is 13.2 Å². The van der Waals surface area contributed by atoms with Crippen LogP contribution in [0.25, 0.3) is 22.2 Å². The van der Waals surface area contributed by atoms with Crippen LogP contribution in [0.2, 0.25) is 0 Å². The molecule has 1 saturated heterocycles. The number of nitrogens with one attached hydrogen (secondary N) is 1. The third-order valence-corrected chi connectivity index (χ3v) is 10.5. The number of nitrogens with zero attached hydrogens (tertiary/aromatic N) is 2. The van der Waals surface area contributed by atoms with Crippen LogP contribution < -0.4 is 4.72 Å². The van der Waals surface area contributed by atoms with Gasteiger partial charge in [0.1, 0.15) is 0 Å². The lowest BCUT2D eigenvalue weighted by molar-refractivity contribution is -0.146. The second kappa shape index (κ2) is 10.7. The van der Waals surface area contributed by atoms with Crippen LogP contribution >= 0.6 is 0 Å². The first-order chi connectivity index (χ1) is 18.8. The minimum absolute atomic E-state index is 0.0189. The summed E-state index contributed by atoms with van der Waals surface area (Å²) in [5.74, 6) is 0.817. The second-order valence-corrected chi connectivity index (χ2v) is 13.3. The number of rotatable bonds is 7. The van der Waals surface area contributed by atoms with Gasteiger partial charge in [-0.2, -0.15) is 0 Å². The molecule has 2 saturated carbocycles. The van der Waals surface area contributed by atoms with Gasteiger partial charge in [0, 0.05) is 42.1 Å². The number of hydrogen-bond acceptors (Lipinski definition) is 4. The van der Waals surface area contributed by atoms with E-state index in [2.05, 4.69) is 51.4 Å². The van der Waals surface area contributed by atoms with E-state index in [1.165, 1.54) is 18.4 Å². The summed E-state index contributed by atoms with van der Waals surface area (Å²) in [7, 11) is -1.70. The Morgan fingerprint density at radius 2 is 1.74 bits per heavy atom. The lowest BCUT2D eigenvalue weighted by Crippen LogP contribution is -2.52. The van der Waals surface area contributed by atoms with Crippen molar-refractivity contribution in [3.63, 3.8) is 0 Å². The van der Waals surface area contributed by atoms with Gasteiger partial charge in [0.25, 0.3) is 0 Å². The van der Waals surface area contributed by atoms with Gasteiger partial charge in [-0.25, -0.2) is 13.1 Å². The highest BCUT2D eigenvalue weighted by Crippen LogP contribution is 2.38. The predicted molar refractivity (Wildman–Crippen MR) is 153 cm³/mol. The summed E-state index contributed by atoms with van der Waals surface area (Å²) in [6.45, 7) is 4.09. The van der Waals surface area contributed by atoms with Crippen molar-refractivity contribution < 1.29 is 17.9 Å². The van der Waals surface area contributed by atoms with E-state index in [1.807, 2.05) is 13.1 Å². The number of carbonyl (C=O) groups is 1. The minimum Gasteiger partial charge on any atom is -0.377 e. The molecule has 1 aromatic heterocycles. The molecule has 1 atom stereocenters. The zero-order valence-corrected chi connectivity index (χ0v) is 23.8. The van der Waals surface area contributed by atoms with Crippen molar-refractivity contribution in [2.75, 3.05) is 19.8 Å². The first-order valence-electron chi connectivity index (χ1n) is 14.4. The van der Waals surface area contributed by atoms with E-state index in [4.69, 9.17) is 4.74 Å². The van der Waals surface area contributed by atoms with Gasteiger partial charge in [0.2, 0.25) is 15.9 Å². The maximum Gasteiger partial charge on any atom is 0.240 e. The summed E-state index contributed by atoms with van der Waals surface area (Å²) in [6.07, 6.45) is 6.17. The zero-order valence-electron chi connectivity index (χ0n) is 22.9. The molecule has 3 fully saturated rings. The SMILES string of the molecule is CCc1ccc(-c2cc3ccc(S(=O)(=O)NC4CCC(C(=O)N5CCOC[C@@H]5C5CC5)CC4)cc3n2C)cc1. The molecule has 39 heavy (non-hydrogen) atoms. The van der Waals surface area contributed by atoms with E-state index in [0.717, 1.165) is 41.4 Å². The lowest BCUT2D eigenvalue weighted by atomic mass is 9.85. The molecule has 6 rings (SSSR count). The number of fused-ring (bicyclic) bond motifs is 1. The molecule has 0 spiro atoms. The van der Waals surface area contributed by atoms with Gasteiger partial charge >= 0.3 is 0 Å². The molecule has 2 aromatic carbocycles. The third kappa shape index (κ3) is 5.39. The number of benzene rings is 2. The fourth-order valence-electron chi connectivity index (χ4n) is 6.41. The second-order valence-electron chi connectivity index (χ2n) is 11.5. The zero-order chi connectivity index (χ0) is 27.1. The number of aryl methyl sites for hydroxylation is 2. The van der Waals surface area contributed by atoms with Crippen molar-refractivity contribution >= 4 is 26.8 Å². The number of aromatic nitrogens is 1. The molecule has 0 unspecified atom stereocenters. The molecular weight excluding hydrogens is 510 g/mol. The van der Waals surface area contributed by atoms with Gasteiger partial charge in [0.15, 0.2) is 0 Å². The van der Waals surface area contributed by atoms with E-state index in [1.54, 1.807) is 12.1 Å². The first kappa shape index (κ1) is 26.5. The maximum atomic E-state index is 13.4. The topological polar surface area (TPSA) is 80.6 Å². The molecule has 7 nitrogen and oxygen atoms in total. The molecule has 3 aromatic rings. The smallest absolute Gasteiger partial charge is 0.240 e. The average molecular weight is 550 g/mol. The number of amides is 1. The Balaban J connectivity index is 1.12. The fraction of sp³-hybridized carbons (Fsp3) is 0.516. The summed E-state index contributed by atoms with van der Waals surface area (Å²) < 4.78 is 37.4. The molecule has 0 bridgehead atoms. The van der Waals surface area contributed by atoms with Crippen LogP contribution in [0.15, 0.2) is 53.4 Å². The Hall–Kier alpha value is -2.68. The summed E-state index contributed by atoms with van der Waals surface area (Å²) in [4.78, 5) is 15.7. The molecule has 1 aliphatic heterocycles. The van der Waals surface area contributed by atoms with Gasteiger partial charge in [0.05, 0.1) is 24.2 Å². The Morgan fingerprint density at radius 1 is 1.00 bits per heavy atom. The van der Waals surface area contributed by atoms with Crippen LogP contribution in [0.1, 0.15) is 51.0 Å². The molecule has 1 N–H and O–H groups in total. The van der Waals surface area contributed by atoms with Crippen LogP contribution in [0.3, 0.4) is 0 Å². The highest BCUT2D eigenvalue weighted by molar-refractivity contribution is 7.89. The molecular formula is C31H39N3O4S. The van der Waals surface area contributed by atoms with Crippen LogP contribution in [0.5, 0.6) is 0 Å². The molecule has 3 aliphatic rings. The van der Waals surface area contributed by atoms with Crippen molar-refractivity contribution in [3.05, 3.63) is 54.1 Å². The first-order valence-corrected chi connectivity index (χ1v) is 15.9. The number of sulfonamides is 1. The monoisotopic (exact) mass is 549 g/mol. The lowest BCUT2D eigenvalue weighted by Gasteiger charge is -2.39. The predicted octanol–water partition coefficient (Wildman–Crippen LogP) is 4.88. The fourth-order valence-corrected chi connectivity index (χ4v) is 7.74. The van der Waals surface area contributed by atoms with E-state index in [0.29, 0.717) is 38.5 Å². The van der Waals surface area contributed by atoms with Crippen molar-refractivity contribution in [1.82, 2.24) is 14.2 Å². The normalized spacial score (nSPS) is 24.3. The highest BCUT2D eigenvalue weighted by atomic mass is 32.2. The quantitative estimate of drug-likeness (QED) is 0.456. The molecule has 2 aliphatic carbocycles. The standard InChI is InChI=1S/C31H39N3O4S/c1-3-21-4-6-22(7-5-21)28-18-25-12-15-27(19-29(25)33(28)2)39(36,37)32-26-13-10-24(11-14-26)31(35)34-16-17-38-20-30(34)23-8-9-23/h4-7,12,15,18-19,23-24,26,30,32H,3,8-11,13-14,16-17,20H2,1-2H3/t24?,26?,30-/m1/s1. The maximum absolute atomic E-state index is 13.4. The molecule has 8 heteroatoms. The Bertz CT molecular complexity index is 1450. The number of morpholine rings is 1. The van der Waals surface area contributed by atoms with E-state index in [-0.39, 0.29) is 28.8 Å². The number of ether oxygens (including phenoxy) is 1. The average Bonchev–Trinajstić information content (AvgIpc) is 3.76. The van der Waals surface area contributed by atoms with Gasteiger partial charge in [-0.05, 0) is 80.2 Å². The van der Waals surface area contributed by atoms with Crippen molar-refractivity contribution in [2.45, 2.75) is 68.8 Å². The number of carbonyl (C=O) groups excluding carboxylic acids is 1. The van der Waals surface area contributed by atoms with E-state index < -0.39 is 10.0 Å². The van der Waals surface area contributed by atoms with Gasteiger partial charge in [-0.1, -0.05) is 37.3 Å². The summed E-state index contributed by atoms with van der Waals surface area (Å²) >= 11 is 0. The summed E-state index contributed by atoms with van der Waals surface area (Å²) in [5, 5.41) is 1.01. The summed E-state index contributed by atoms with van der Waals surface area (Å²) in [5.41, 5.74) is 4.35. The Morgan fingerprint density at radius 3 is 2.44 bits per heavy atom. The van der Waals surface area contributed by atoms with Gasteiger partial charge in [-0.3, -0.25) is 4.79 Å². The molecule has 0 radical (unpaired) electrons. The number of hydrogen-bond donors (Lipinski definition) is 1. The molecule has 2 heterocycles. The van der Waals surface area contributed by atoms with E-state index >= 15 is 0 Å². The van der Waals surface area contributed by atoms with Gasteiger partial charge in [-0.15, -0.1) is 0 Å².